The summed E-state index contributed by atoms with van der Waals surface area (Å²) in [4.78, 5) is 14.1. The van der Waals surface area contributed by atoms with Crippen molar-refractivity contribution in [2.75, 3.05) is 7.11 Å². The molecule has 3 unspecified atom stereocenters. The second kappa shape index (κ2) is 7.23. The second-order valence-electron chi connectivity index (χ2n) is 19.1. The summed E-state index contributed by atoms with van der Waals surface area (Å²) in [5, 5.41) is 35.5. The van der Waals surface area contributed by atoms with Crippen LogP contribution in [0.2, 0.25) is 0 Å². The van der Waals surface area contributed by atoms with Gasteiger partial charge in [-0.25, -0.2) is 0 Å². The molecule has 0 radical (unpaired) electrons. The Kier molecular flexibility index (Phi) is 3.43. The van der Waals surface area contributed by atoms with Crippen LogP contribution < -0.4 is 5.22 Å². The van der Waals surface area contributed by atoms with Gasteiger partial charge in [0.25, 0.3) is 0 Å². The van der Waals surface area contributed by atoms with Crippen molar-refractivity contribution >= 4 is 152 Å². The summed E-state index contributed by atoms with van der Waals surface area (Å²) in [6.45, 7) is 0. The van der Waals surface area contributed by atoms with Gasteiger partial charge in [-0.3, -0.25) is 4.79 Å². The molecule has 11 aromatic carbocycles. The molecule has 2 nitrogen and oxygen atoms in total. The fourth-order valence-corrected chi connectivity index (χ4v) is 19.2. The first-order chi connectivity index (χ1) is 27.6. The summed E-state index contributed by atoms with van der Waals surface area (Å²) < 4.78 is 8.04. The molecular formula is C52H26O2S2. The van der Waals surface area contributed by atoms with E-state index in [9.17, 15) is 4.79 Å². The van der Waals surface area contributed by atoms with Crippen LogP contribution in [-0.2, 0) is 39.6 Å². The Labute approximate surface area is 324 Å². The van der Waals surface area contributed by atoms with Crippen molar-refractivity contribution in [2.24, 2.45) is 5.41 Å². The molecule has 1 fully saturated rings. The fraction of sp³-hybridized carbons (Fsp3) is 0.212. The van der Waals surface area contributed by atoms with Gasteiger partial charge in [0.2, 0.25) is 0 Å². The summed E-state index contributed by atoms with van der Waals surface area (Å²) in [6.07, 6.45) is 9.50. The summed E-state index contributed by atoms with van der Waals surface area (Å²) in [5.74, 6) is -0.0848. The van der Waals surface area contributed by atoms with E-state index < -0.39 is 0 Å². The molecular weight excluding hydrogens is 721 g/mol. The van der Waals surface area contributed by atoms with Crippen LogP contribution in [-0.4, -0.2) is 13.1 Å². The first kappa shape index (κ1) is 26.5. The van der Waals surface area contributed by atoms with Crippen LogP contribution in [0.5, 0.6) is 0 Å². The monoisotopic (exact) mass is 746 g/mol. The van der Waals surface area contributed by atoms with Crippen molar-refractivity contribution in [1.82, 2.24) is 0 Å². The van der Waals surface area contributed by atoms with Crippen molar-refractivity contribution in [3.63, 3.8) is 0 Å². The number of fused-ring (bicyclic) bond motifs is 1. The maximum absolute atomic E-state index is 12.5. The zero-order valence-electron chi connectivity index (χ0n) is 30.3. The first-order valence-electron chi connectivity index (χ1n) is 20.7. The number of carbonyl (C=O) groups excluding carboxylic acids is 1. The lowest BCUT2D eigenvalue weighted by molar-refractivity contribution is -0.140. The molecule has 258 valence electrons. The number of hydrogen-bond acceptors (Lipinski definition) is 4. The number of rotatable bonds is 6. The molecule has 19 rings (SSSR count). The average Bonchev–Trinajstić information content (AvgIpc) is 4.01. The Morgan fingerprint density at radius 1 is 0.625 bits per heavy atom. The Bertz CT molecular complexity index is 4240. The fourth-order valence-electron chi connectivity index (χ4n) is 16.7. The van der Waals surface area contributed by atoms with Crippen LogP contribution in [0.4, 0.5) is 0 Å². The molecule has 6 aliphatic rings. The van der Waals surface area contributed by atoms with Gasteiger partial charge in [0.05, 0.1) is 7.11 Å². The highest BCUT2D eigenvalue weighted by Gasteiger charge is 2.90. The van der Waals surface area contributed by atoms with Crippen molar-refractivity contribution in [1.29, 1.82) is 0 Å². The molecule has 1 spiro atoms. The van der Waals surface area contributed by atoms with Gasteiger partial charge in [0.15, 0.2) is 0 Å². The smallest absolute Gasteiger partial charge is 0.305 e. The lowest BCUT2D eigenvalue weighted by Gasteiger charge is -2.32. The standard InChI is InChI=1S/C52H26O2S2/c1-54-29(53)4-2-3-6-51(28-15-27-26(56-28)5-7-55-27)50-16-24-13-22-11-20-10-21-9-18-8-19-12-23-14-25(17-50)48-46-35(23)39-31(19)30(18)37-34(21)38-32(20)33(22)40-36(24)49(52(48,50)51)47-44(40)42(38)41(37)43(39)45(46)47/h5,7-8,10,12-15,17H,2-4,6,9,11,16H2,1H3. The molecule has 0 aliphatic heterocycles. The summed E-state index contributed by atoms with van der Waals surface area (Å²) >= 11 is 3.98. The summed E-state index contributed by atoms with van der Waals surface area (Å²) in [6, 6.07) is 18.2. The van der Waals surface area contributed by atoms with Gasteiger partial charge >= 0.3 is 5.97 Å². The highest BCUT2D eigenvalue weighted by atomic mass is 32.1. The zero-order chi connectivity index (χ0) is 35.4. The maximum Gasteiger partial charge on any atom is 0.305 e. The number of unbranched alkanes of at least 4 members (excludes halogenated alkanes) is 1. The molecule has 13 aromatic rings. The number of hydrogen-bond donors (Lipinski definition) is 0. The van der Waals surface area contributed by atoms with Gasteiger partial charge in [-0.15, -0.1) is 22.7 Å². The van der Waals surface area contributed by atoms with E-state index in [4.69, 9.17) is 4.74 Å². The minimum atomic E-state index is -0.129. The topological polar surface area (TPSA) is 26.3 Å². The maximum atomic E-state index is 12.5. The van der Waals surface area contributed by atoms with E-state index in [0.29, 0.717) is 6.42 Å². The first-order valence-corrected chi connectivity index (χ1v) is 22.4. The van der Waals surface area contributed by atoms with Gasteiger partial charge in [-0.05, 0) is 214 Å². The lowest BCUT2D eigenvalue weighted by atomic mass is 9.70. The molecule has 3 atom stereocenters. The molecule has 0 bridgehead atoms. The van der Waals surface area contributed by atoms with Gasteiger partial charge in [0.1, 0.15) is 0 Å². The number of ether oxygens (including phenoxy) is 1. The van der Waals surface area contributed by atoms with E-state index in [1.54, 1.807) is 141 Å². The Morgan fingerprint density at radius 3 is 2.05 bits per heavy atom. The quantitative estimate of drug-likeness (QED) is 0.0962. The molecule has 6 aliphatic carbocycles. The van der Waals surface area contributed by atoms with Crippen LogP contribution in [0.25, 0.3) is 123 Å². The van der Waals surface area contributed by atoms with Crippen molar-refractivity contribution < 1.29 is 9.53 Å². The number of thiophene rings is 2. The zero-order valence-corrected chi connectivity index (χ0v) is 31.9. The predicted octanol–water partition coefficient (Wildman–Crippen LogP) is 12.3. The molecule has 4 heteroatoms. The van der Waals surface area contributed by atoms with Gasteiger partial charge in [0, 0.05) is 36.9 Å². The van der Waals surface area contributed by atoms with E-state index in [1.807, 2.05) is 11.3 Å². The van der Waals surface area contributed by atoms with Gasteiger partial charge in [-0.1, -0.05) is 30.7 Å². The normalized spacial score (nSPS) is 24.7. The summed E-state index contributed by atoms with van der Waals surface area (Å²) in [5.41, 5.74) is 11.0. The Hall–Kier alpha value is -5.29. The van der Waals surface area contributed by atoms with Crippen LogP contribution in [0.3, 0.4) is 0 Å². The number of methoxy groups -OCH3 is 1. The van der Waals surface area contributed by atoms with Crippen molar-refractivity contribution in [3.8, 4) is 0 Å². The van der Waals surface area contributed by atoms with E-state index >= 15 is 0 Å². The van der Waals surface area contributed by atoms with E-state index in [-0.39, 0.29) is 22.2 Å². The van der Waals surface area contributed by atoms with Crippen molar-refractivity contribution in [2.45, 2.75) is 55.8 Å². The molecule has 56 heavy (non-hydrogen) atoms. The number of carbonyl (C=O) groups is 1. The summed E-state index contributed by atoms with van der Waals surface area (Å²) in [7, 11) is 1.54. The lowest BCUT2D eigenvalue weighted by Crippen LogP contribution is -2.30. The third-order valence-electron chi connectivity index (χ3n) is 17.7. The molecule has 0 amide bonds. The van der Waals surface area contributed by atoms with Crippen LogP contribution in [0, 0.1) is 5.41 Å². The minimum Gasteiger partial charge on any atom is -0.469 e. The third-order valence-corrected chi connectivity index (χ3v) is 20.0. The van der Waals surface area contributed by atoms with Crippen molar-refractivity contribution in [3.05, 3.63) is 96.9 Å². The van der Waals surface area contributed by atoms with Crippen LogP contribution in [0.1, 0.15) is 69.5 Å². The number of benzene rings is 7. The SMILES string of the molecule is COC(=O)CCCCC1(c2cc3sccc3s2)C23C=c4cc5cc6cc7c8c6c6c5c5c4C21c1c2c(cc4c9c%10c(cc(c%11c%10c%10c(c1c5c6c%10c8%11)c29)C7)C4)C3. The molecule has 2 aromatic heterocycles. The van der Waals surface area contributed by atoms with Gasteiger partial charge < -0.3 is 4.74 Å². The molecule has 0 saturated heterocycles. The largest absolute Gasteiger partial charge is 0.469 e. The predicted molar refractivity (Wildman–Crippen MR) is 233 cm³/mol. The minimum absolute atomic E-state index is 0.0563. The van der Waals surface area contributed by atoms with Crippen LogP contribution in [0.15, 0.2) is 47.8 Å². The molecule has 1 saturated carbocycles. The van der Waals surface area contributed by atoms with E-state index in [1.165, 1.54) is 32.5 Å². The second-order valence-corrected chi connectivity index (χ2v) is 21.1. The van der Waals surface area contributed by atoms with E-state index in [2.05, 4.69) is 65.3 Å². The Balaban J connectivity index is 1.12. The highest BCUT2D eigenvalue weighted by Crippen LogP contribution is 2.91. The molecule has 0 N–H and O–H groups in total. The number of esters is 1. The van der Waals surface area contributed by atoms with Crippen LogP contribution >= 0.6 is 22.7 Å². The molecule has 2 heterocycles. The highest BCUT2D eigenvalue weighted by molar-refractivity contribution is 7.27. The van der Waals surface area contributed by atoms with Gasteiger partial charge in [-0.2, -0.15) is 0 Å². The Morgan fingerprint density at radius 2 is 1.25 bits per heavy atom. The third kappa shape index (κ3) is 2.00. The van der Waals surface area contributed by atoms with E-state index in [0.717, 1.165) is 38.5 Å². The average molecular weight is 747 g/mol.